The Bertz CT molecular complexity index is 123. The molecule has 0 saturated heterocycles. The highest BCUT2D eigenvalue weighted by Crippen LogP contribution is 1.98. The lowest BCUT2D eigenvalue weighted by atomic mass is 10.1. The van der Waals surface area contributed by atoms with Crippen molar-refractivity contribution in [3.63, 3.8) is 0 Å². The van der Waals surface area contributed by atoms with Crippen LogP contribution in [-0.4, -0.2) is 17.1 Å². The quantitative estimate of drug-likeness (QED) is 0.558. The normalized spacial score (nSPS) is 12.5. The van der Waals surface area contributed by atoms with Crippen LogP contribution in [0.1, 0.15) is 19.3 Å². The van der Waals surface area contributed by atoms with E-state index in [0.29, 0.717) is 12.8 Å². The van der Waals surface area contributed by atoms with Crippen molar-refractivity contribution >= 4 is 5.97 Å². The lowest BCUT2D eigenvalue weighted by Crippen LogP contribution is -2.19. The van der Waals surface area contributed by atoms with Gasteiger partial charge in [0.05, 0.1) is 0 Å². The smallest absolute Gasteiger partial charge is 0.303 e. The Morgan fingerprint density at radius 2 is 2.40 bits per heavy atom. The van der Waals surface area contributed by atoms with Crippen LogP contribution in [-0.2, 0) is 4.79 Å². The molecule has 0 bridgehead atoms. The Balaban J connectivity index is 3.29. The number of carboxylic acid groups (broad SMARTS) is 1. The molecule has 0 aromatic carbocycles. The predicted octanol–water partition coefficient (Wildman–Crippen LogP) is 0.755. The molecule has 0 saturated carbocycles. The van der Waals surface area contributed by atoms with Gasteiger partial charge in [0, 0.05) is 12.5 Å². The molecule has 0 heterocycles. The van der Waals surface area contributed by atoms with Crippen molar-refractivity contribution in [1.82, 2.24) is 0 Å². The number of carbonyl (C=O) groups is 1. The van der Waals surface area contributed by atoms with E-state index in [2.05, 4.69) is 6.58 Å². The molecule has 0 rings (SSSR count). The number of aliphatic carboxylic acids is 1. The van der Waals surface area contributed by atoms with Crippen molar-refractivity contribution in [3.8, 4) is 0 Å². The molecule has 0 unspecified atom stereocenters. The Kier molecular flexibility index (Phi) is 4.58. The molecule has 0 spiro atoms. The van der Waals surface area contributed by atoms with Crippen molar-refractivity contribution in [1.29, 1.82) is 0 Å². The maximum atomic E-state index is 10.0. The molecule has 0 aromatic rings. The molecule has 3 nitrogen and oxygen atoms in total. The molecule has 0 fully saturated rings. The van der Waals surface area contributed by atoms with Gasteiger partial charge < -0.3 is 10.8 Å². The van der Waals surface area contributed by atoms with Crippen molar-refractivity contribution < 1.29 is 9.90 Å². The summed E-state index contributed by atoms with van der Waals surface area (Å²) in [6.45, 7) is 3.50. The largest absolute Gasteiger partial charge is 0.481 e. The third-order valence-corrected chi connectivity index (χ3v) is 1.20. The van der Waals surface area contributed by atoms with Crippen LogP contribution in [0.2, 0.25) is 0 Å². The number of rotatable bonds is 5. The molecule has 0 aromatic heterocycles. The first-order valence-electron chi connectivity index (χ1n) is 3.25. The number of nitrogens with two attached hydrogens (primary N) is 1. The highest BCUT2D eigenvalue weighted by molar-refractivity contribution is 5.66. The minimum absolute atomic E-state index is 0.0476. The van der Waals surface area contributed by atoms with Crippen LogP contribution < -0.4 is 5.73 Å². The van der Waals surface area contributed by atoms with Crippen LogP contribution in [0, 0.1) is 0 Å². The van der Waals surface area contributed by atoms with E-state index < -0.39 is 5.97 Å². The highest BCUT2D eigenvalue weighted by atomic mass is 16.4. The molecular weight excluding hydrogens is 130 g/mol. The second kappa shape index (κ2) is 4.99. The number of carboxylic acids is 1. The monoisotopic (exact) mass is 143 g/mol. The van der Waals surface area contributed by atoms with E-state index in [9.17, 15) is 4.79 Å². The van der Waals surface area contributed by atoms with Gasteiger partial charge in [0.1, 0.15) is 0 Å². The molecule has 0 aliphatic carbocycles. The maximum absolute atomic E-state index is 10.0. The maximum Gasteiger partial charge on any atom is 0.303 e. The Labute approximate surface area is 60.5 Å². The molecule has 0 aliphatic rings. The summed E-state index contributed by atoms with van der Waals surface area (Å²) in [6.07, 6.45) is 3.07. The van der Waals surface area contributed by atoms with Gasteiger partial charge in [-0.05, 0) is 12.8 Å². The summed E-state index contributed by atoms with van der Waals surface area (Å²) in [5.41, 5.74) is 5.50. The van der Waals surface area contributed by atoms with Crippen LogP contribution in [0.3, 0.4) is 0 Å². The van der Waals surface area contributed by atoms with Crippen molar-refractivity contribution in [3.05, 3.63) is 12.7 Å². The summed E-state index contributed by atoms with van der Waals surface area (Å²) in [6, 6.07) is -0.0476. The van der Waals surface area contributed by atoms with Gasteiger partial charge in [0.25, 0.3) is 0 Å². The Morgan fingerprint density at radius 3 is 2.80 bits per heavy atom. The Morgan fingerprint density at radius 1 is 1.80 bits per heavy atom. The summed E-state index contributed by atoms with van der Waals surface area (Å²) in [4.78, 5) is 10.0. The van der Waals surface area contributed by atoms with E-state index in [1.807, 2.05) is 0 Å². The number of hydrogen-bond acceptors (Lipinski definition) is 2. The summed E-state index contributed by atoms with van der Waals surface area (Å²) in [5, 5.41) is 8.25. The third-order valence-electron chi connectivity index (χ3n) is 1.20. The molecule has 10 heavy (non-hydrogen) atoms. The highest BCUT2D eigenvalue weighted by Gasteiger charge is 2.02. The molecule has 1 atom stereocenters. The van der Waals surface area contributed by atoms with E-state index in [1.54, 1.807) is 6.08 Å². The molecule has 58 valence electrons. The molecular formula is C7H13NO2. The van der Waals surface area contributed by atoms with Crippen molar-refractivity contribution in [2.75, 3.05) is 0 Å². The zero-order valence-corrected chi connectivity index (χ0v) is 5.92. The van der Waals surface area contributed by atoms with Crippen LogP contribution in [0.15, 0.2) is 12.7 Å². The summed E-state index contributed by atoms with van der Waals surface area (Å²) in [7, 11) is 0. The fraction of sp³-hybridized carbons (Fsp3) is 0.571. The van der Waals surface area contributed by atoms with Crippen molar-refractivity contribution in [2.45, 2.75) is 25.3 Å². The molecule has 0 radical (unpaired) electrons. The summed E-state index contributed by atoms with van der Waals surface area (Å²) >= 11 is 0. The zero-order chi connectivity index (χ0) is 7.98. The molecule has 0 amide bonds. The van der Waals surface area contributed by atoms with Crippen molar-refractivity contribution in [2.24, 2.45) is 5.73 Å². The van der Waals surface area contributed by atoms with Crippen LogP contribution >= 0.6 is 0 Å². The average Bonchev–Trinajstić information content (AvgIpc) is 1.85. The first kappa shape index (κ1) is 9.17. The van der Waals surface area contributed by atoms with Gasteiger partial charge in [-0.2, -0.15) is 0 Å². The molecule has 3 N–H and O–H groups in total. The topological polar surface area (TPSA) is 63.3 Å². The minimum Gasteiger partial charge on any atom is -0.481 e. The van der Waals surface area contributed by atoms with E-state index >= 15 is 0 Å². The standard InChI is InChI=1S/C7H13NO2/c1-2-3-6(8)4-5-7(9)10/h2,6H,1,3-5,8H2,(H,9,10)/t6-/m1/s1. The first-order valence-corrected chi connectivity index (χ1v) is 3.25. The van der Waals surface area contributed by atoms with Crippen LogP contribution in [0.4, 0.5) is 0 Å². The van der Waals surface area contributed by atoms with Gasteiger partial charge in [0.2, 0.25) is 0 Å². The fourth-order valence-electron chi connectivity index (χ4n) is 0.641. The van der Waals surface area contributed by atoms with E-state index in [-0.39, 0.29) is 12.5 Å². The lowest BCUT2D eigenvalue weighted by Gasteiger charge is -2.04. The average molecular weight is 143 g/mol. The second-order valence-corrected chi connectivity index (χ2v) is 2.22. The minimum atomic E-state index is -0.792. The number of hydrogen-bond donors (Lipinski definition) is 2. The van der Waals surface area contributed by atoms with Crippen LogP contribution in [0.5, 0.6) is 0 Å². The van der Waals surface area contributed by atoms with Gasteiger partial charge in [-0.15, -0.1) is 6.58 Å². The van der Waals surface area contributed by atoms with Gasteiger partial charge in [-0.3, -0.25) is 4.79 Å². The van der Waals surface area contributed by atoms with E-state index in [0.717, 1.165) is 0 Å². The SMILES string of the molecule is C=CC[C@@H](N)CCC(=O)O. The van der Waals surface area contributed by atoms with Gasteiger partial charge >= 0.3 is 5.97 Å². The predicted molar refractivity (Wildman–Crippen MR) is 39.7 cm³/mol. The van der Waals surface area contributed by atoms with Crippen LogP contribution in [0.25, 0.3) is 0 Å². The first-order chi connectivity index (χ1) is 4.66. The van der Waals surface area contributed by atoms with Gasteiger partial charge in [-0.1, -0.05) is 6.08 Å². The third kappa shape index (κ3) is 5.31. The lowest BCUT2D eigenvalue weighted by molar-refractivity contribution is -0.137. The summed E-state index contributed by atoms with van der Waals surface area (Å²) in [5.74, 6) is -0.792. The summed E-state index contributed by atoms with van der Waals surface area (Å²) < 4.78 is 0. The van der Waals surface area contributed by atoms with E-state index in [4.69, 9.17) is 10.8 Å². The Hall–Kier alpha value is -0.830. The second-order valence-electron chi connectivity index (χ2n) is 2.22. The van der Waals surface area contributed by atoms with Gasteiger partial charge in [-0.25, -0.2) is 0 Å². The fourth-order valence-corrected chi connectivity index (χ4v) is 0.641. The molecule has 0 aliphatic heterocycles. The van der Waals surface area contributed by atoms with E-state index in [1.165, 1.54) is 0 Å². The molecule has 3 heteroatoms. The van der Waals surface area contributed by atoms with Gasteiger partial charge in [0.15, 0.2) is 0 Å². The zero-order valence-electron chi connectivity index (χ0n) is 5.92.